The van der Waals surface area contributed by atoms with Gasteiger partial charge >= 0.3 is 6.18 Å². The average molecular weight is 560 g/mol. The Hall–Kier alpha value is -2.75. The number of amides is 1. The summed E-state index contributed by atoms with van der Waals surface area (Å²) in [7, 11) is 0. The first-order chi connectivity index (χ1) is 19.0. The summed E-state index contributed by atoms with van der Waals surface area (Å²) in [4.78, 5) is 27.0. The van der Waals surface area contributed by atoms with Gasteiger partial charge in [0.1, 0.15) is 18.0 Å². The Morgan fingerprint density at radius 1 is 1.05 bits per heavy atom. The normalized spacial score (nSPS) is 21.3. The summed E-state index contributed by atoms with van der Waals surface area (Å²) in [6, 6.07) is 2.56. The molecule has 3 fully saturated rings. The van der Waals surface area contributed by atoms with Crippen molar-refractivity contribution in [3.63, 3.8) is 0 Å². The number of fused-ring (bicyclic) bond motifs is 3. The van der Waals surface area contributed by atoms with E-state index < -0.39 is 17.6 Å². The van der Waals surface area contributed by atoms with Gasteiger partial charge in [-0.3, -0.25) is 4.79 Å². The minimum absolute atomic E-state index is 0.0363. The lowest BCUT2D eigenvalue weighted by Gasteiger charge is -2.37. The van der Waals surface area contributed by atoms with E-state index >= 15 is 0 Å². The third-order valence-corrected chi connectivity index (χ3v) is 9.31. The smallest absolute Gasteiger partial charge is 0.353 e. The molecule has 1 N–H and O–H groups in total. The Morgan fingerprint density at radius 3 is 2.35 bits per heavy atom. The molecule has 3 aliphatic carbocycles. The third kappa shape index (κ3) is 5.19. The van der Waals surface area contributed by atoms with Crippen LogP contribution in [0.4, 0.5) is 23.4 Å². The van der Waals surface area contributed by atoms with Crippen molar-refractivity contribution >= 4 is 11.7 Å². The van der Waals surface area contributed by atoms with E-state index in [1.165, 1.54) is 49.4 Å². The molecule has 4 aliphatic rings. The number of aromatic nitrogens is 2. The molecule has 2 heterocycles. The summed E-state index contributed by atoms with van der Waals surface area (Å²) in [5, 5.41) is 3.39. The van der Waals surface area contributed by atoms with E-state index in [9.17, 15) is 22.4 Å². The lowest BCUT2D eigenvalue weighted by atomic mass is 9.97. The summed E-state index contributed by atoms with van der Waals surface area (Å²) in [6.07, 6.45) is 4.23. The Kier molecular flexibility index (Phi) is 6.83. The van der Waals surface area contributed by atoms with Gasteiger partial charge in [-0.25, -0.2) is 14.4 Å². The van der Waals surface area contributed by atoms with Crippen LogP contribution in [0, 0.1) is 5.82 Å². The SMILES string of the molecule is CC(C)NC(CCc1ccc(C(F)(F)F)cc1F)CC(=O)N1CCN(c2ncnc3c2C2(CC2)CC32CC2)CC1. The summed E-state index contributed by atoms with van der Waals surface area (Å²) >= 11 is 0. The van der Waals surface area contributed by atoms with Gasteiger partial charge in [-0.2, -0.15) is 13.2 Å². The van der Waals surface area contributed by atoms with Crippen LogP contribution < -0.4 is 10.2 Å². The number of aryl methyl sites for hydroxylation is 1. The average Bonchev–Trinajstić information content (AvgIpc) is 3.83. The molecule has 40 heavy (non-hydrogen) atoms. The van der Waals surface area contributed by atoms with Crippen molar-refractivity contribution in [3.8, 4) is 0 Å². The molecule has 216 valence electrons. The third-order valence-electron chi connectivity index (χ3n) is 9.31. The van der Waals surface area contributed by atoms with Crippen LogP contribution in [0.2, 0.25) is 0 Å². The van der Waals surface area contributed by atoms with Crippen LogP contribution in [-0.4, -0.2) is 59.0 Å². The van der Waals surface area contributed by atoms with Gasteiger partial charge in [0.25, 0.3) is 0 Å². The summed E-state index contributed by atoms with van der Waals surface area (Å²) < 4.78 is 53.1. The number of hydrogen-bond acceptors (Lipinski definition) is 5. The van der Waals surface area contributed by atoms with E-state index in [1.54, 1.807) is 6.33 Å². The van der Waals surface area contributed by atoms with Gasteiger partial charge in [-0.1, -0.05) is 19.9 Å². The highest BCUT2D eigenvalue weighted by Crippen LogP contribution is 2.70. The molecule has 1 aromatic heterocycles. The van der Waals surface area contributed by atoms with Gasteiger partial charge in [0.15, 0.2) is 0 Å². The molecule has 1 unspecified atom stereocenters. The van der Waals surface area contributed by atoms with Gasteiger partial charge in [0.2, 0.25) is 5.91 Å². The predicted molar refractivity (Wildman–Crippen MR) is 144 cm³/mol. The van der Waals surface area contributed by atoms with E-state index in [1.807, 2.05) is 18.7 Å². The Bertz CT molecular complexity index is 1280. The largest absolute Gasteiger partial charge is 0.416 e. The predicted octanol–water partition coefficient (Wildman–Crippen LogP) is 5.14. The number of halogens is 4. The van der Waals surface area contributed by atoms with Gasteiger partial charge in [0.05, 0.1) is 11.3 Å². The molecule has 1 aromatic carbocycles. The van der Waals surface area contributed by atoms with Crippen LogP contribution in [0.5, 0.6) is 0 Å². The van der Waals surface area contributed by atoms with Crippen LogP contribution >= 0.6 is 0 Å². The molecule has 1 aliphatic heterocycles. The molecule has 2 saturated carbocycles. The molecule has 0 radical (unpaired) electrons. The van der Waals surface area contributed by atoms with Crippen LogP contribution in [0.25, 0.3) is 0 Å². The van der Waals surface area contributed by atoms with Gasteiger partial charge < -0.3 is 15.1 Å². The molecule has 1 amide bonds. The van der Waals surface area contributed by atoms with Gasteiger partial charge in [-0.05, 0) is 62.6 Å². The highest BCUT2D eigenvalue weighted by molar-refractivity contribution is 5.77. The van der Waals surface area contributed by atoms with Crippen molar-refractivity contribution in [2.24, 2.45) is 0 Å². The monoisotopic (exact) mass is 559 g/mol. The minimum Gasteiger partial charge on any atom is -0.353 e. The van der Waals surface area contributed by atoms with E-state index in [2.05, 4.69) is 10.2 Å². The zero-order valence-corrected chi connectivity index (χ0v) is 23.2. The lowest BCUT2D eigenvalue weighted by molar-refractivity contribution is -0.137. The van der Waals surface area contributed by atoms with Gasteiger partial charge in [-0.15, -0.1) is 0 Å². The highest BCUT2D eigenvalue weighted by Gasteiger charge is 2.65. The van der Waals surface area contributed by atoms with Crippen molar-refractivity contribution in [3.05, 3.63) is 52.7 Å². The van der Waals surface area contributed by atoms with E-state index in [-0.39, 0.29) is 41.8 Å². The van der Waals surface area contributed by atoms with Crippen LogP contribution in [0.1, 0.15) is 81.2 Å². The quantitative estimate of drug-likeness (QED) is 0.454. The van der Waals surface area contributed by atoms with Crippen LogP contribution in [0.15, 0.2) is 24.5 Å². The van der Waals surface area contributed by atoms with E-state index in [0.29, 0.717) is 31.0 Å². The number of rotatable bonds is 8. The maximum atomic E-state index is 14.4. The Balaban J connectivity index is 1.07. The fourth-order valence-corrected chi connectivity index (χ4v) is 6.95. The number of piperazine rings is 1. The second-order valence-corrected chi connectivity index (χ2v) is 12.6. The second kappa shape index (κ2) is 9.96. The fourth-order valence-electron chi connectivity index (χ4n) is 6.95. The zero-order chi connectivity index (χ0) is 28.3. The van der Waals surface area contributed by atoms with Crippen molar-refractivity contribution in [2.45, 2.75) is 94.3 Å². The van der Waals surface area contributed by atoms with Crippen LogP contribution in [-0.2, 0) is 28.2 Å². The first-order valence-electron chi connectivity index (χ1n) is 14.5. The number of carbonyl (C=O) groups excluding carboxylic acids is 1. The Morgan fingerprint density at radius 2 is 1.75 bits per heavy atom. The molecule has 6 nitrogen and oxygen atoms in total. The van der Waals surface area contributed by atoms with Crippen molar-refractivity contribution < 1.29 is 22.4 Å². The molecule has 10 heteroatoms. The van der Waals surface area contributed by atoms with E-state index in [0.717, 1.165) is 25.0 Å². The number of carbonyl (C=O) groups is 1. The van der Waals surface area contributed by atoms with Crippen LogP contribution in [0.3, 0.4) is 0 Å². The first kappa shape index (κ1) is 27.4. The number of anilines is 1. The Labute approximate surface area is 232 Å². The molecular formula is C30H37F4N5O. The van der Waals surface area contributed by atoms with E-state index in [4.69, 9.17) is 9.97 Å². The second-order valence-electron chi connectivity index (χ2n) is 12.6. The van der Waals surface area contributed by atoms with Crippen molar-refractivity contribution in [2.75, 3.05) is 31.1 Å². The van der Waals surface area contributed by atoms with Crippen molar-refractivity contribution in [1.82, 2.24) is 20.2 Å². The summed E-state index contributed by atoms with van der Waals surface area (Å²) in [6.45, 7) is 6.62. The molecule has 2 aromatic rings. The number of alkyl halides is 3. The molecule has 0 bridgehead atoms. The molecule has 6 rings (SSSR count). The topological polar surface area (TPSA) is 61.4 Å². The highest BCUT2D eigenvalue weighted by atomic mass is 19.4. The number of benzene rings is 1. The fraction of sp³-hybridized carbons (Fsp3) is 0.633. The molecule has 1 saturated heterocycles. The van der Waals surface area contributed by atoms with Gasteiger partial charge in [0, 0.05) is 61.1 Å². The number of nitrogens with one attached hydrogen (secondary N) is 1. The maximum absolute atomic E-state index is 14.4. The maximum Gasteiger partial charge on any atom is 0.416 e. The number of nitrogens with zero attached hydrogens (tertiary/aromatic N) is 4. The first-order valence-corrected chi connectivity index (χ1v) is 14.5. The molecule has 2 spiro atoms. The number of hydrogen-bond donors (Lipinski definition) is 1. The van der Waals surface area contributed by atoms with Crippen molar-refractivity contribution in [1.29, 1.82) is 0 Å². The molecule has 1 atom stereocenters. The summed E-state index contributed by atoms with van der Waals surface area (Å²) in [5.74, 6) is 0.239. The minimum atomic E-state index is -4.58. The standard InChI is InChI=1S/C30H37F4N5O/c1-19(2)37-22(6-4-20-3-5-21(15-23(20)31)30(32,33)34)16-24(40)38-11-13-39(14-12-38)27-25-26(35-18-36-27)29(9-10-29)17-28(25)7-8-28/h3,5,15,18-19,22,37H,4,6-14,16-17H2,1-2H3. The summed E-state index contributed by atoms with van der Waals surface area (Å²) in [5.41, 5.74) is 2.46. The lowest BCUT2D eigenvalue weighted by Crippen LogP contribution is -2.51. The molecular weight excluding hydrogens is 522 g/mol. The zero-order valence-electron chi connectivity index (χ0n) is 23.2.